The molecule has 1 aliphatic rings. The Morgan fingerprint density at radius 2 is 2.00 bits per heavy atom. The predicted octanol–water partition coefficient (Wildman–Crippen LogP) is 4.58. The van der Waals surface area contributed by atoms with E-state index in [1.165, 1.54) is 17.5 Å². The number of hydrogen-bond acceptors (Lipinski definition) is 3. The van der Waals surface area contributed by atoms with E-state index in [-0.39, 0.29) is 11.7 Å². The maximum atomic E-state index is 13.0. The van der Waals surface area contributed by atoms with Crippen LogP contribution in [-0.2, 0) is 6.42 Å². The van der Waals surface area contributed by atoms with Crippen LogP contribution >= 0.6 is 0 Å². The monoisotopic (exact) mass is 389 g/mol. The van der Waals surface area contributed by atoms with Crippen molar-refractivity contribution in [1.82, 2.24) is 15.1 Å². The first-order valence-corrected chi connectivity index (χ1v) is 10.3. The smallest absolute Gasteiger partial charge is 0.271 e. The van der Waals surface area contributed by atoms with Crippen molar-refractivity contribution < 1.29 is 9.90 Å². The Morgan fingerprint density at radius 1 is 1.21 bits per heavy atom. The van der Waals surface area contributed by atoms with E-state index in [4.69, 9.17) is 0 Å². The summed E-state index contributed by atoms with van der Waals surface area (Å²) < 4.78 is 0. The Morgan fingerprint density at radius 3 is 2.79 bits per heavy atom. The molecule has 0 saturated carbocycles. The van der Waals surface area contributed by atoms with Crippen molar-refractivity contribution in [2.75, 3.05) is 13.1 Å². The summed E-state index contributed by atoms with van der Waals surface area (Å²) in [5.74, 6) is 0.764. The molecule has 0 bridgehead atoms. The summed E-state index contributed by atoms with van der Waals surface area (Å²) in [5, 5.41) is 16.6. The van der Waals surface area contributed by atoms with Crippen molar-refractivity contribution in [3.05, 3.63) is 71.4 Å². The molecule has 1 saturated heterocycles. The average Bonchev–Trinajstić information content (AvgIpc) is 3.23. The lowest BCUT2D eigenvalue weighted by Gasteiger charge is -2.32. The van der Waals surface area contributed by atoms with Gasteiger partial charge in [-0.3, -0.25) is 9.89 Å². The highest BCUT2D eigenvalue weighted by Gasteiger charge is 2.25. The van der Waals surface area contributed by atoms with Crippen LogP contribution < -0.4 is 0 Å². The maximum Gasteiger partial charge on any atom is 0.271 e. The molecule has 2 heterocycles. The van der Waals surface area contributed by atoms with Crippen molar-refractivity contribution in [3.63, 3.8) is 0 Å². The van der Waals surface area contributed by atoms with E-state index in [2.05, 4.69) is 41.4 Å². The molecule has 5 heteroatoms. The number of aromatic nitrogens is 2. The van der Waals surface area contributed by atoms with E-state index in [9.17, 15) is 9.90 Å². The second-order valence-corrected chi connectivity index (χ2v) is 7.94. The molecule has 0 radical (unpaired) electrons. The van der Waals surface area contributed by atoms with E-state index in [0.717, 1.165) is 37.9 Å². The Hall–Kier alpha value is -3.08. The molecule has 0 aliphatic carbocycles. The van der Waals surface area contributed by atoms with E-state index in [1.54, 1.807) is 30.3 Å². The first kappa shape index (κ1) is 19.2. The number of phenolic OH excluding ortho intramolecular Hbond substituents is 1. The van der Waals surface area contributed by atoms with Crippen LogP contribution in [0.2, 0.25) is 0 Å². The van der Waals surface area contributed by atoms with Gasteiger partial charge in [0, 0.05) is 18.7 Å². The Labute approximate surface area is 171 Å². The number of aromatic amines is 1. The number of piperidine rings is 1. The fraction of sp³-hybridized carbons (Fsp3) is 0.333. The largest absolute Gasteiger partial charge is 0.508 e. The Balaban J connectivity index is 1.38. The molecule has 1 unspecified atom stereocenters. The lowest BCUT2D eigenvalue weighted by Crippen LogP contribution is -2.40. The van der Waals surface area contributed by atoms with Gasteiger partial charge in [0.25, 0.3) is 5.91 Å². The highest BCUT2D eigenvalue weighted by atomic mass is 16.3. The van der Waals surface area contributed by atoms with E-state index < -0.39 is 0 Å². The number of phenols is 1. The highest BCUT2D eigenvalue weighted by Crippen LogP contribution is 2.25. The number of rotatable bonds is 5. The lowest BCUT2D eigenvalue weighted by molar-refractivity contribution is 0.0662. The van der Waals surface area contributed by atoms with Crippen LogP contribution in [0, 0.1) is 12.8 Å². The normalized spacial score (nSPS) is 16.7. The second kappa shape index (κ2) is 8.52. The molecule has 1 fully saturated rings. The zero-order chi connectivity index (χ0) is 20.2. The topological polar surface area (TPSA) is 69.2 Å². The van der Waals surface area contributed by atoms with Crippen LogP contribution in [0.3, 0.4) is 0 Å². The van der Waals surface area contributed by atoms with E-state index >= 15 is 0 Å². The van der Waals surface area contributed by atoms with Crippen molar-refractivity contribution in [2.45, 2.75) is 32.6 Å². The molecular formula is C24H27N3O2. The first-order chi connectivity index (χ1) is 14.1. The van der Waals surface area contributed by atoms with Crippen LogP contribution in [0.15, 0.2) is 54.6 Å². The number of H-pyrrole nitrogens is 1. The molecule has 1 amide bonds. The van der Waals surface area contributed by atoms with Gasteiger partial charge in [-0.15, -0.1) is 0 Å². The van der Waals surface area contributed by atoms with Gasteiger partial charge < -0.3 is 10.0 Å². The molecule has 5 nitrogen and oxygen atoms in total. The summed E-state index contributed by atoms with van der Waals surface area (Å²) in [7, 11) is 0. The number of benzene rings is 2. The molecule has 3 aromatic rings. The lowest BCUT2D eigenvalue weighted by atomic mass is 9.90. The molecular weight excluding hydrogens is 362 g/mol. The quantitative estimate of drug-likeness (QED) is 0.671. The third-order valence-electron chi connectivity index (χ3n) is 5.86. The van der Waals surface area contributed by atoms with Gasteiger partial charge in [0.2, 0.25) is 0 Å². The zero-order valence-corrected chi connectivity index (χ0v) is 16.8. The van der Waals surface area contributed by atoms with Crippen LogP contribution in [0.5, 0.6) is 5.75 Å². The Bertz CT molecular complexity index is 978. The standard InChI is InChI=1S/C24H27N3O2/c1-17-5-2-3-7-19(17)9-8-18-6-4-14-27(16-18)24(29)23-15-22(25-26-23)20-10-12-21(28)13-11-20/h2-3,5,7,10-13,15,18,28H,4,6,8-9,14,16H2,1H3,(H,25,26). The van der Waals surface area contributed by atoms with Gasteiger partial charge in [-0.05, 0) is 80.0 Å². The van der Waals surface area contributed by atoms with E-state index in [0.29, 0.717) is 17.3 Å². The number of nitrogens with one attached hydrogen (secondary N) is 1. The van der Waals surface area contributed by atoms with Gasteiger partial charge >= 0.3 is 0 Å². The molecule has 1 atom stereocenters. The number of likely N-dealkylation sites (tertiary alicyclic amines) is 1. The molecule has 1 aliphatic heterocycles. The summed E-state index contributed by atoms with van der Waals surface area (Å²) in [6, 6.07) is 17.2. The van der Waals surface area contributed by atoms with Gasteiger partial charge in [-0.1, -0.05) is 24.3 Å². The van der Waals surface area contributed by atoms with Crippen LogP contribution in [0.1, 0.15) is 40.9 Å². The molecule has 2 aromatic carbocycles. The molecule has 1 aromatic heterocycles. The van der Waals surface area contributed by atoms with Gasteiger partial charge in [-0.2, -0.15) is 5.10 Å². The predicted molar refractivity (Wildman–Crippen MR) is 114 cm³/mol. The maximum absolute atomic E-state index is 13.0. The number of carbonyl (C=O) groups is 1. The number of amides is 1. The fourth-order valence-corrected chi connectivity index (χ4v) is 4.12. The van der Waals surface area contributed by atoms with E-state index in [1.807, 2.05) is 4.90 Å². The highest BCUT2D eigenvalue weighted by molar-refractivity contribution is 5.93. The molecule has 4 rings (SSSR count). The zero-order valence-electron chi connectivity index (χ0n) is 16.8. The fourth-order valence-electron chi connectivity index (χ4n) is 4.12. The molecule has 150 valence electrons. The minimum Gasteiger partial charge on any atom is -0.508 e. The number of carbonyl (C=O) groups excluding carboxylic acids is 1. The molecule has 2 N–H and O–H groups in total. The summed E-state index contributed by atoms with van der Waals surface area (Å²) >= 11 is 0. The first-order valence-electron chi connectivity index (χ1n) is 10.3. The van der Waals surface area contributed by atoms with Gasteiger partial charge in [0.05, 0.1) is 5.69 Å². The van der Waals surface area contributed by atoms with Crippen molar-refractivity contribution in [1.29, 1.82) is 0 Å². The number of nitrogens with zero attached hydrogens (tertiary/aromatic N) is 2. The Kier molecular flexibility index (Phi) is 5.65. The summed E-state index contributed by atoms with van der Waals surface area (Å²) in [4.78, 5) is 14.9. The van der Waals surface area contributed by atoms with Crippen molar-refractivity contribution >= 4 is 5.91 Å². The number of aryl methyl sites for hydroxylation is 2. The minimum absolute atomic E-state index is 0.0168. The summed E-state index contributed by atoms with van der Waals surface area (Å²) in [6.07, 6.45) is 4.39. The van der Waals surface area contributed by atoms with Crippen LogP contribution in [0.4, 0.5) is 0 Å². The second-order valence-electron chi connectivity index (χ2n) is 7.94. The third-order valence-corrected chi connectivity index (χ3v) is 5.86. The minimum atomic E-state index is 0.0168. The van der Waals surface area contributed by atoms with Gasteiger partial charge in [0.1, 0.15) is 11.4 Å². The summed E-state index contributed by atoms with van der Waals surface area (Å²) in [5.41, 5.74) is 4.85. The third kappa shape index (κ3) is 4.50. The SMILES string of the molecule is Cc1ccccc1CCC1CCCN(C(=O)c2cc(-c3ccc(O)cc3)n[nH]2)C1. The van der Waals surface area contributed by atoms with Gasteiger partial charge in [0.15, 0.2) is 0 Å². The number of aromatic hydroxyl groups is 1. The van der Waals surface area contributed by atoms with Crippen molar-refractivity contribution in [3.8, 4) is 17.0 Å². The number of hydrogen-bond donors (Lipinski definition) is 2. The van der Waals surface area contributed by atoms with Crippen LogP contribution in [-0.4, -0.2) is 39.2 Å². The average molecular weight is 389 g/mol. The molecule has 0 spiro atoms. The summed E-state index contributed by atoms with van der Waals surface area (Å²) in [6.45, 7) is 3.77. The van der Waals surface area contributed by atoms with Crippen LogP contribution in [0.25, 0.3) is 11.3 Å². The molecule has 29 heavy (non-hydrogen) atoms. The van der Waals surface area contributed by atoms with Crippen molar-refractivity contribution in [2.24, 2.45) is 5.92 Å². The van der Waals surface area contributed by atoms with Gasteiger partial charge in [-0.25, -0.2) is 0 Å².